The first-order valence-electron chi connectivity index (χ1n) is 5.06. The first-order valence-corrected chi connectivity index (χ1v) is 5.06. The molecule has 5 heteroatoms. The van der Waals surface area contributed by atoms with Crippen LogP contribution >= 0.6 is 0 Å². The summed E-state index contributed by atoms with van der Waals surface area (Å²) in [5.74, 6) is -3.01. The molecule has 0 aliphatic carbocycles. The van der Waals surface area contributed by atoms with Crippen LogP contribution in [0.15, 0.2) is 18.2 Å². The quantitative estimate of drug-likeness (QED) is 0.809. The molecule has 1 N–H and O–H groups in total. The van der Waals surface area contributed by atoms with Crippen LogP contribution in [0.1, 0.15) is 18.9 Å². The second-order valence-corrected chi connectivity index (χ2v) is 3.46. The van der Waals surface area contributed by atoms with Gasteiger partial charge < -0.3 is 5.32 Å². The van der Waals surface area contributed by atoms with E-state index in [0.717, 1.165) is 0 Å². The molecule has 0 saturated carbocycles. The predicted molar refractivity (Wildman–Crippen MR) is 58.7 cm³/mol. The summed E-state index contributed by atoms with van der Waals surface area (Å²) in [6.45, 7) is 1.76. The van der Waals surface area contributed by atoms with Crippen molar-refractivity contribution in [3.63, 3.8) is 0 Å². The van der Waals surface area contributed by atoms with Gasteiger partial charge in [-0.05, 0) is 6.42 Å². The summed E-state index contributed by atoms with van der Waals surface area (Å²) in [7, 11) is 0. The minimum atomic E-state index is -0.949. The zero-order valence-corrected chi connectivity index (χ0v) is 9.27. The molecule has 92 valence electrons. The SMILES string of the molecule is CC(=O)NCCC=Cc1c(F)cc(F)cc1F. The van der Waals surface area contributed by atoms with E-state index in [1.165, 1.54) is 19.1 Å². The van der Waals surface area contributed by atoms with E-state index in [1.54, 1.807) is 0 Å². The molecule has 2 nitrogen and oxygen atoms in total. The van der Waals surface area contributed by atoms with Crippen molar-refractivity contribution in [3.05, 3.63) is 41.2 Å². The van der Waals surface area contributed by atoms with E-state index >= 15 is 0 Å². The summed E-state index contributed by atoms with van der Waals surface area (Å²) in [6.07, 6.45) is 3.18. The van der Waals surface area contributed by atoms with Crippen LogP contribution in [0.5, 0.6) is 0 Å². The van der Waals surface area contributed by atoms with Crippen molar-refractivity contribution >= 4 is 12.0 Å². The number of hydrogen-bond donors (Lipinski definition) is 1. The highest BCUT2D eigenvalue weighted by molar-refractivity contribution is 5.72. The maximum Gasteiger partial charge on any atom is 0.216 e. The summed E-state index contributed by atoms with van der Waals surface area (Å²) in [6, 6.07) is 1.24. The molecule has 0 aromatic heterocycles. The Bertz CT molecular complexity index is 420. The third kappa shape index (κ3) is 4.30. The number of amides is 1. The molecule has 1 aromatic carbocycles. The smallest absolute Gasteiger partial charge is 0.216 e. The van der Waals surface area contributed by atoms with Crippen LogP contribution in [0.2, 0.25) is 0 Å². The van der Waals surface area contributed by atoms with Gasteiger partial charge in [-0.25, -0.2) is 13.2 Å². The average molecular weight is 243 g/mol. The van der Waals surface area contributed by atoms with Gasteiger partial charge in [0.05, 0.1) is 0 Å². The van der Waals surface area contributed by atoms with Gasteiger partial charge in [-0.15, -0.1) is 0 Å². The van der Waals surface area contributed by atoms with Crippen molar-refractivity contribution in [3.8, 4) is 0 Å². The van der Waals surface area contributed by atoms with Crippen molar-refractivity contribution in [2.45, 2.75) is 13.3 Å². The van der Waals surface area contributed by atoms with Gasteiger partial charge in [0.15, 0.2) is 0 Å². The Morgan fingerprint density at radius 2 is 1.88 bits per heavy atom. The molecule has 0 fully saturated rings. The van der Waals surface area contributed by atoms with E-state index in [2.05, 4.69) is 5.32 Å². The minimum Gasteiger partial charge on any atom is -0.356 e. The second kappa shape index (κ2) is 6.08. The zero-order chi connectivity index (χ0) is 12.8. The third-order valence-electron chi connectivity index (χ3n) is 2.01. The van der Waals surface area contributed by atoms with E-state index < -0.39 is 17.5 Å². The molecule has 0 unspecified atom stereocenters. The normalized spacial score (nSPS) is 10.8. The van der Waals surface area contributed by atoms with E-state index in [0.29, 0.717) is 25.1 Å². The Labute approximate surface area is 97.1 Å². The van der Waals surface area contributed by atoms with Crippen LogP contribution in [-0.2, 0) is 4.79 Å². The Kier molecular flexibility index (Phi) is 4.75. The van der Waals surface area contributed by atoms with E-state index in [9.17, 15) is 18.0 Å². The summed E-state index contributed by atoms with van der Waals surface area (Å²) >= 11 is 0. The monoisotopic (exact) mass is 243 g/mol. The summed E-state index contributed by atoms with van der Waals surface area (Å²) in [5.41, 5.74) is -0.283. The maximum atomic E-state index is 13.1. The number of nitrogens with one attached hydrogen (secondary N) is 1. The standard InChI is InChI=1S/C12H12F3NO/c1-8(17)16-5-3-2-4-10-11(14)6-9(13)7-12(10)15/h2,4,6-7H,3,5H2,1H3,(H,16,17). The van der Waals surface area contributed by atoms with Gasteiger partial charge in [0.1, 0.15) is 17.5 Å². The molecule has 1 aromatic rings. The number of benzene rings is 1. The number of carbonyl (C=O) groups is 1. The molecule has 0 aliphatic heterocycles. The molecule has 0 heterocycles. The van der Waals surface area contributed by atoms with Crippen LogP contribution in [0.25, 0.3) is 6.08 Å². The van der Waals surface area contributed by atoms with E-state index in [4.69, 9.17) is 0 Å². The highest BCUT2D eigenvalue weighted by Gasteiger charge is 2.07. The van der Waals surface area contributed by atoms with Crippen molar-refractivity contribution in [1.82, 2.24) is 5.32 Å². The first-order chi connectivity index (χ1) is 8.00. The van der Waals surface area contributed by atoms with Gasteiger partial charge in [-0.3, -0.25) is 4.79 Å². The molecule has 0 atom stereocenters. The molecule has 0 bridgehead atoms. The Morgan fingerprint density at radius 3 is 2.41 bits per heavy atom. The lowest BCUT2D eigenvalue weighted by molar-refractivity contribution is -0.118. The van der Waals surface area contributed by atoms with Gasteiger partial charge in [-0.2, -0.15) is 0 Å². The van der Waals surface area contributed by atoms with Crippen LogP contribution in [0.4, 0.5) is 13.2 Å². The lowest BCUT2D eigenvalue weighted by atomic mass is 10.1. The third-order valence-corrected chi connectivity index (χ3v) is 2.01. The van der Waals surface area contributed by atoms with Crippen molar-refractivity contribution in [1.29, 1.82) is 0 Å². The van der Waals surface area contributed by atoms with Crippen molar-refractivity contribution < 1.29 is 18.0 Å². The fourth-order valence-electron chi connectivity index (χ4n) is 1.25. The Morgan fingerprint density at radius 1 is 1.29 bits per heavy atom. The first kappa shape index (κ1) is 13.3. The zero-order valence-electron chi connectivity index (χ0n) is 9.27. The highest BCUT2D eigenvalue weighted by Crippen LogP contribution is 2.16. The fourth-order valence-corrected chi connectivity index (χ4v) is 1.25. The van der Waals surface area contributed by atoms with Crippen molar-refractivity contribution in [2.24, 2.45) is 0 Å². The predicted octanol–water partition coefficient (Wildman–Crippen LogP) is 2.64. The highest BCUT2D eigenvalue weighted by atomic mass is 19.1. The van der Waals surface area contributed by atoms with Crippen LogP contribution < -0.4 is 5.32 Å². The van der Waals surface area contributed by atoms with Crippen LogP contribution in [-0.4, -0.2) is 12.5 Å². The molecule has 0 saturated heterocycles. The molecule has 17 heavy (non-hydrogen) atoms. The van der Waals surface area contributed by atoms with Crippen LogP contribution in [0, 0.1) is 17.5 Å². The number of hydrogen-bond acceptors (Lipinski definition) is 1. The molecule has 0 aliphatic rings. The van der Waals surface area contributed by atoms with Crippen molar-refractivity contribution in [2.75, 3.05) is 6.54 Å². The maximum absolute atomic E-state index is 13.1. The van der Waals surface area contributed by atoms with Gasteiger partial charge in [-0.1, -0.05) is 12.2 Å². The topological polar surface area (TPSA) is 29.1 Å². The number of rotatable bonds is 4. The lowest BCUT2D eigenvalue weighted by Crippen LogP contribution is -2.20. The molecule has 0 radical (unpaired) electrons. The molecule has 1 amide bonds. The van der Waals surface area contributed by atoms with Crippen LogP contribution in [0.3, 0.4) is 0 Å². The summed E-state index contributed by atoms with van der Waals surface area (Å²) in [5, 5.41) is 2.53. The minimum absolute atomic E-state index is 0.169. The van der Waals surface area contributed by atoms with E-state index in [-0.39, 0.29) is 11.5 Å². The Hall–Kier alpha value is -1.78. The van der Waals surface area contributed by atoms with Gasteiger partial charge in [0.25, 0.3) is 0 Å². The van der Waals surface area contributed by atoms with Gasteiger partial charge in [0, 0.05) is 31.2 Å². The number of halogens is 3. The summed E-state index contributed by atoms with van der Waals surface area (Å²) in [4.78, 5) is 10.5. The second-order valence-electron chi connectivity index (χ2n) is 3.46. The van der Waals surface area contributed by atoms with Gasteiger partial charge in [0.2, 0.25) is 5.91 Å². The fraction of sp³-hybridized carbons (Fsp3) is 0.250. The summed E-state index contributed by atoms with van der Waals surface area (Å²) < 4.78 is 38.9. The molecular formula is C12H12F3NO. The largest absolute Gasteiger partial charge is 0.356 e. The molecule has 0 spiro atoms. The van der Waals surface area contributed by atoms with Gasteiger partial charge >= 0.3 is 0 Å². The molecular weight excluding hydrogens is 231 g/mol. The average Bonchev–Trinajstić information content (AvgIpc) is 2.20. The van der Waals surface area contributed by atoms with E-state index in [1.807, 2.05) is 0 Å². The number of carbonyl (C=O) groups excluding carboxylic acids is 1. The Balaban J connectivity index is 2.62. The lowest BCUT2D eigenvalue weighted by Gasteiger charge is -2.00. The molecule has 1 rings (SSSR count).